The van der Waals surface area contributed by atoms with Gasteiger partial charge in [0.2, 0.25) is 0 Å². The molecule has 146 valence electrons. The average molecular weight is 398 g/mol. The molecule has 2 aromatic rings. The van der Waals surface area contributed by atoms with Crippen LogP contribution < -0.4 is 5.73 Å². The van der Waals surface area contributed by atoms with Crippen molar-refractivity contribution < 1.29 is 4.74 Å². The number of aromatic nitrogens is 3. The predicted octanol–water partition coefficient (Wildman–Crippen LogP) is 2.88. The van der Waals surface area contributed by atoms with Crippen LogP contribution in [0.3, 0.4) is 0 Å². The largest absolute Gasteiger partial charge is 0.382 e. The summed E-state index contributed by atoms with van der Waals surface area (Å²) in [5.74, 6) is 2.03. The van der Waals surface area contributed by atoms with Crippen molar-refractivity contribution in [3.63, 3.8) is 0 Å². The minimum absolute atomic E-state index is 0.356. The standard InChI is InChI=1S/C21H24ClN5O/c22-15-5-11(7-24-20(15)23)16-6-17(27(25-16)12-3-1-2-4-12)21-14-8-26(13-9-28-10-13)19(21)18(14)21/h5-7,12-14,18-19H,1-4,8-10H2,(H2,23,24)/t14-,18-,19?,21?/m1/s1. The number of nitrogen functional groups attached to an aromatic ring is 1. The molecular formula is C21H24ClN5O. The van der Waals surface area contributed by atoms with Gasteiger partial charge in [0, 0.05) is 35.5 Å². The van der Waals surface area contributed by atoms with Gasteiger partial charge in [-0.25, -0.2) is 4.98 Å². The second kappa shape index (κ2) is 5.29. The maximum absolute atomic E-state index is 6.24. The number of nitrogens with zero attached hydrogens (tertiary/aromatic N) is 4. The lowest BCUT2D eigenvalue weighted by Gasteiger charge is -2.34. The molecule has 3 aliphatic heterocycles. The van der Waals surface area contributed by atoms with Crippen LogP contribution in [-0.2, 0) is 10.2 Å². The Morgan fingerprint density at radius 3 is 2.68 bits per heavy atom. The molecule has 6 fully saturated rings. The Hall–Kier alpha value is -1.63. The van der Waals surface area contributed by atoms with Gasteiger partial charge >= 0.3 is 0 Å². The average Bonchev–Trinajstić information content (AvgIpc) is 3.13. The van der Waals surface area contributed by atoms with E-state index in [1.807, 2.05) is 6.07 Å². The summed E-state index contributed by atoms with van der Waals surface area (Å²) in [5, 5.41) is 5.60. The lowest BCUT2D eigenvalue weighted by atomic mass is 10.0. The smallest absolute Gasteiger partial charge is 0.142 e. The molecule has 2 unspecified atom stereocenters. The molecule has 2 bridgehead atoms. The maximum atomic E-state index is 6.24. The highest BCUT2D eigenvalue weighted by Gasteiger charge is 2.94. The fourth-order valence-electron chi connectivity index (χ4n) is 6.51. The minimum atomic E-state index is 0.356. The summed E-state index contributed by atoms with van der Waals surface area (Å²) in [6.07, 6.45) is 6.90. The van der Waals surface area contributed by atoms with Crippen LogP contribution in [-0.4, -0.2) is 51.5 Å². The van der Waals surface area contributed by atoms with E-state index in [0.717, 1.165) is 36.3 Å². The molecule has 28 heavy (non-hydrogen) atoms. The number of hydrogen-bond donors (Lipinski definition) is 1. The van der Waals surface area contributed by atoms with Crippen molar-refractivity contribution >= 4 is 17.4 Å². The van der Waals surface area contributed by atoms with Gasteiger partial charge in [0.1, 0.15) is 5.82 Å². The fraction of sp³-hybridized carbons (Fsp3) is 0.619. The number of hydrogen-bond acceptors (Lipinski definition) is 5. The van der Waals surface area contributed by atoms with Gasteiger partial charge < -0.3 is 10.5 Å². The Kier molecular flexibility index (Phi) is 3.06. The Bertz CT molecular complexity index is 975. The number of ether oxygens (including phenoxy) is 1. The number of pyridine rings is 1. The van der Waals surface area contributed by atoms with E-state index in [9.17, 15) is 0 Å². The summed E-state index contributed by atoms with van der Waals surface area (Å²) in [7, 11) is 0. The summed E-state index contributed by atoms with van der Waals surface area (Å²) >= 11 is 6.24. The number of fused-ring (bicyclic) bond motifs is 1. The zero-order chi connectivity index (χ0) is 18.6. The van der Waals surface area contributed by atoms with Crippen molar-refractivity contribution in [3.05, 3.63) is 29.0 Å². The number of piperidine rings is 1. The third-order valence-corrected chi connectivity index (χ3v) is 8.38. The summed E-state index contributed by atoms with van der Waals surface area (Å²) in [5.41, 5.74) is 9.58. The maximum Gasteiger partial charge on any atom is 0.142 e. The third kappa shape index (κ3) is 1.87. The first-order chi connectivity index (χ1) is 13.7. The molecule has 4 atom stereocenters. The van der Waals surface area contributed by atoms with Crippen LogP contribution in [0, 0.1) is 11.8 Å². The van der Waals surface area contributed by atoms with Gasteiger partial charge in [-0.1, -0.05) is 24.4 Å². The Balaban J connectivity index is 1.29. The van der Waals surface area contributed by atoms with E-state index >= 15 is 0 Å². The van der Waals surface area contributed by atoms with Gasteiger partial charge in [0.15, 0.2) is 0 Å². The van der Waals surface area contributed by atoms with E-state index < -0.39 is 0 Å². The number of anilines is 1. The van der Waals surface area contributed by atoms with E-state index in [4.69, 9.17) is 27.2 Å². The van der Waals surface area contributed by atoms with E-state index in [0.29, 0.717) is 34.4 Å². The molecular weight excluding hydrogens is 374 g/mol. The lowest BCUT2D eigenvalue weighted by molar-refractivity contribution is -0.0601. The molecule has 2 aromatic heterocycles. The normalized spacial score (nSPS) is 36.5. The summed E-state index contributed by atoms with van der Waals surface area (Å²) in [4.78, 5) is 6.98. The van der Waals surface area contributed by atoms with Gasteiger partial charge in [0.05, 0.1) is 36.0 Å². The van der Waals surface area contributed by atoms with Crippen molar-refractivity contribution in [1.82, 2.24) is 19.7 Å². The molecule has 2 N–H and O–H groups in total. The molecule has 6 nitrogen and oxygen atoms in total. The van der Waals surface area contributed by atoms with Crippen LogP contribution in [0.5, 0.6) is 0 Å². The zero-order valence-electron chi connectivity index (χ0n) is 15.7. The molecule has 0 aromatic carbocycles. The van der Waals surface area contributed by atoms with Crippen molar-refractivity contribution in [2.45, 2.75) is 49.2 Å². The lowest BCUT2D eigenvalue weighted by Crippen LogP contribution is -2.48. The van der Waals surface area contributed by atoms with Crippen LogP contribution in [0.4, 0.5) is 5.82 Å². The molecule has 8 rings (SSSR count). The van der Waals surface area contributed by atoms with Crippen LogP contribution >= 0.6 is 11.6 Å². The molecule has 0 radical (unpaired) electrons. The summed E-state index contributed by atoms with van der Waals surface area (Å²) < 4.78 is 7.85. The van der Waals surface area contributed by atoms with E-state index in [1.54, 1.807) is 6.20 Å². The SMILES string of the molecule is Nc1ncc(-c2cc(C34C5[C@H]3[C@H]4CN5C3COC3)n(C3CCCC3)n2)cc1Cl. The fourth-order valence-corrected chi connectivity index (χ4v) is 6.68. The van der Waals surface area contributed by atoms with Gasteiger partial charge in [0.25, 0.3) is 0 Å². The molecule has 3 aliphatic carbocycles. The van der Waals surface area contributed by atoms with E-state index in [1.165, 1.54) is 37.9 Å². The highest BCUT2D eigenvalue weighted by atomic mass is 35.5. The highest BCUT2D eigenvalue weighted by Crippen LogP contribution is 2.86. The zero-order valence-corrected chi connectivity index (χ0v) is 16.5. The third-order valence-electron chi connectivity index (χ3n) is 8.08. The monoisotopic (exact) mass is 397 g/mol. The molecule has 0 spiro atoms. The Labute approximate surface area is 169 Å². The summed E-state index contributed by atoms with van der Waals surface area (Å²) in [6, 6.07) is 6.12. The second-order valence-electron chi connectivity index (χ2n) is 9.29. The molecule has 3 saturated heterocycles. The minimum Gasteiger partial charge on any atom is -0.382 e. The second-order valence-corrected chi connectivity index (χ2v) is 9.69. The predicted molar refractivity (Wildman–Crippen MR) is 106 cm³/mol. The first-order valence-electron chi connectivity index (χ1n) is 10.5. The topological polar surface area (TPSA) is 69.2 Å². The highest BCUT2D eigenvalue weighted by molar-refractivity contribution is 6.33. The van der Waals surface area contributed by atoms with Gasteiger partial charge in [-0.15, -0.1) is 0 Å². The van der Waals surface area contributed by atoms with Crippen molar-refractivity contribution in [2.24, 2.45) is 11.8 Å². The van der Waals surface area contributed by atoms with Gasteiger partial charge in [-0.3, -0.25) is 9.58 Å². The van der Waals surface area contributed by atoms with E-state index in [2.05, 4.69) is 20.6 Å². The quantitative estimate of drug-likeness (QED) is 0.859. The van der Waals surface area contributed by atoms with E-state index in [-0.39, 0.29) is 0 Å². The Morgan fingerprint density at radius 1 is 1.18 bits per heavy atom. The first kappa shape index (κ1) is 16.2. The Morgan fingerprint density at radius 2 is 2.00 bits per heavy atom. The van der Waals surface area contributed by atoms with Crippen LogP contribution in [0.25, 0.3) is 11.3 Å². The molecule has 5 heterocycles. The number of nitrogens with two attached hydrogens (primary N) is 1. The van der Waals surface area contributed by atoms with Crippen LogP contribution in [0.2, 0.25) is 5.02 Å². The van der Waals surface area contributed by atoms with Crippen LogP contribution in [0.1, 0.15) is 37.4 Å². The number of halogens is 1. The molecule has 7 heteroatoms. The van der Waals surface area contributed by atoms with Gasteiger partial charge in [-0.05, 0) is 36.8 Å². The van der Waals surface area contributed by atoms with Crippen molar-refractivity contribution in [1.29, 1.82) is 0 Å². The molecule has 6 aliphatic rings. The van der Waals surface area contributed by atoms with Crippen molar-refractivity contribution in [3.8, 4) is 11.3 Å². The first-order valence-corrected chi connectivity index (χ1v) is 10.9. The molecule has 0 amide bonds. The molecule has 3 saturated carbocycles. The van der Waals surface area contributed by atoms with Crippen molar-refractivity contribution in [2.75, 3.05) is 25.5 Å². The van der Waals surface area contributed by atoms with Crippen LogP contribution in [0.15, 0.2) is 18.3 Å². The van der Waals surface area contributed by atoms with Gasteiger partial charge in [-0.2, -0.15) is 5.10 Å². The number of rotatable bonds is 4. The summed E-state index contributed by atoms with van der Waals surface area (Å²) in [6.45, 7) is 3.06.